The van der Waals surface area contributed by atoms with E-state index in [9.17, 15) is 0 Å². The molecule has 0 aromatic heterocycles. The van der Waals surface area contributed by atoms with Crippen LogP contribution in [0.2, 0.25) is 0 Å². The van der Waals surface area contributed by atoms with Crippen molar-refractivity contribution < 1.29 is 0 Å². The lowest BCUT2D eigenvalue weighted by molar-refractivity contribution is 0.797. The minimum atomic E-state index is 0.218. The largest absolute Gasteiger partial charge is 0.0913 e. The van der Waals surface area contributed by atoms with Crippen molar-refractivity contribution >= 4 is 23.8 Å². The molecule has 0 radical (unpaired) electrons. The highest BCUT2D eigenvalue weighted by Crippen LogP contribution is 2.82. The van der Waals surface area contributed by atoms with E-state index in [4.69, 9.17) is 0 Å². The Balaban J connectivity index is 6.15. The Morgan fingerprint density at radius 3 is 0.800 bits per heavy atom. The first-order valence-electron chi connectivity index (χ1n) is 11.4. The standard InChI is InChI=1S/C22H49P3/c1-8-15-22(23(16-9-2)17-10-3,24(18-11-4)19-12-5)25(20-13-6)21-14-7/h8-21H2,1-7H3. The second-order valence-electron chi connectivity index (χ2n) is 7.49. The molecule has 0 fully saturated rings. The third-order valence-corrected chi connectivity index (χ3v) is 19.8. The van der Waals surface area contributed by atoms with Gasteiger partial charge in [0.25, 0.3) is 0 Å². The Kier molecular flexibility index (Phi) is 17.1. The lowest BCUT2D eigenvalue weighted by Crippen LogP contribution is -2.29. The van der Waals surface area contributed by atoms with Crippen molar-refractivity contribution in [2.75, 3.05) is 37.0 Å². The molecule has 0 aliphatic rings. The van der Waals surface area contributed by atoms with Crippen molar-refractivity contribution in [1.82, 2.24) is 0 Å². The Morgan fingerprint density at radius 1 is 0.400 bits per heavy atom. The molecule has 0 rings (SSSR count). The molecule has 3 heteroatoms. The number of hydrogen-bond donors (Lipinski definition) is 0. The van der Waals surface area contributed by atoms with E-state index in [0.29, 0.717) is 0 Å². The Morgan fingerprint density at radius 2 is 0.640 bits per heavy atom. The van der Waals surface area contributed by atoms with Gasteiger partial charge in [-0.1, -0.05) is 117 Å². The topological polar surface area (TPSA) is 0 Å². The molecule has 0 amide bonds. The molecule has 0 aliphatic carbocycles. The van der Waals surface area contributed by atoms with Crippen molar-refractivity contribution in [2.45, 2.75) is 104 Å². The fraction of sp³-hybridized carbons (Fsp3) is 1.00. The lowest BCUT2D eigenvalue weighted by Gasteiger charge is -2.53. The van der Waals surface area contributed by atoms with Gasteiger partial charge in [0.1, 0.15) is 0 Å². The van der Waals surface area contributed by atoms with Gasteiger partial charge in [0.15, 0.2) is 0 Å². The first-order valence-corrected chi connectivity index (χ1v) is 16.5. The molecule has 0 spiro atoms. The van der Waals surface area contributed by atoms with E-state index < -0.39 is 0 Å². The minimum absolute atomic E-state index is 0.218. The molecule has 0 bridgehead atoms. The molecular formula is C22H49P3. The normalized spacial score (nSPS) is 12.7. The molecule has 0 nitrogen and oxygen atoms in total. The molecule has 0 aromatic rings. The highest BCUT2D eigenvalue weighted by Gasteiger charge is 2.47. The summed E-state index contributed by atoms with van der Waals surface area (Å²) < 4.78 is 0.804. The third-order valence-electron chi connectivity index (χ3n) is 5.07. The predicted molar refractivity (Wildman–Crippen MR) is 129 cm³/mol. The summed E-state index contributed by atoms with van der Waals surface area (Å²) in [5, 5.41) is 0. The van der Waals surface area contributed by atoms with E-state index in [2.05, 4.69) is 48.5 Å². The first-order chi connectivity index (χ1) is 12.1. The van der Waals surface area contributed by atoms with Gasteiger partial charge >= 0.3 is 0 Å². The van der Waals surface area contributed by atoms with Gasteiger partial charge in [-0.15, -0.1) is 0 Å². The molecule has 0 atom stereocenters. The Hall–Kier alpha value is 1.29. The van der Waals surface area contributed by atoms with E-state index in [0.717, 1.165) is 4.64 Å². The second-order valence-corrected chi connectivity index (χ2v) is 16.8. The summed E-state index contributed by atoms with van der Waals surface area (Å²) in [5.41, 5.74) is 0. The van der Waals surface area contributed by atoms with E-state index in [1.165, 1.54) is 44.9 Å². The van der Waals surface area contributed by atoms with Crippen LogP contribution in [0.25, 0.3) is 0 Å². The minimum Gasteiger partial charge on any atom is -0.0913 e. The van der Waals surface area contributed by atoms with Crippen LogP contribution < -0.4 is 0 Å². The molecule has 0 unspecified atom stereocenters. The van der Waals surface area contributed by atoms with Crippen molar-refractivity contribution in [3.63, 3.8) is 0 Å². The predicted octanol–water partition coefficient (Wildman–Crippen LogP) is 9.35. The zero-order valence-corrected chi connectivity index (χ0v) is 21.4. The van der Waals surface area contributed by atoms with Gasteiger partial charge in [-0.05, 0) is 43.4 Å². The van der Waals surface area contributed by atoms with Crippen LogP contribution in [-0.4, -0.2) is 41.6 Å². The quantitative estimate of drug-likeness (QED) is 0.211. The fourth-order valence-electron chi connectivity index (χ4n) is 4.44. The molecule has 0 saturated heterocycles. The highest BCUT2D eigenvalue weighted by atomic mass is 31.2. The third kappa shape index (κ3) is 8.05. The van der Waals surface area contributed by atoms with Crippen LogP contribution in [0.5, 0.6) is 0 Å². The van der Waals surface area contributed by atoms with E-state index in [1.807, 2.05) is 0 Å². The average Bonchev–Trinajstić information content (AvgIpc) is 2.59. The van der Waals surface area contributed by atoms with E-state index >= 15 is 0 Å². The first kappa shape index (κ1) is 26.3. The number of hydrogen-bond acceptors (Lipinski definition) is 0. The summed E-state index contributed by atoms with van der Waals surface area (Å²) in [7, 11) is 0.655. The zero-order chi connectivity index (χ0) is 19.1. The molecular weight excluding hydrogens is 357 g/mol. The van der Waals surface area contributed by atoms with Crippen LogP contribution in [0, 0.1) is 0 Å². The Labute approximate surface area is 165 Å². The summed E-state index contributed by atoms with van der Waals surface area (Å²) in [6, 6.07) is 0. The van der Waals surface area contributed by atoms with Crippen LogP contribution in [0.15, 0.2) is 0 Å². The van der Waals surface area contributed by atoms with Crippen molar-refractivity contribution in [2.24, 2.45) is 0 Å². The van der Waals surface area contributed by atoms with Crippen LogP contribution in [0.3, 0.4) is 0 Å². The maximum absolute atomic E-state index is 2.48. The van der Waals surface area contributed by atoms with Crippen molar-refractivity contribution in [3.05, 3.63) is 0 Å². The summed E-state index contributed by atoms with van der Waals surface area (Å²) in [6.45, 7) is 17.2. The van der Waals surface area contributed by atoms with E-state index in [1.54, 1.807) is 43.4 Å². The van der Waals surface area contributed by atoms with Crippen LogP contribution in [0.4, 0.5) is 0 Å². The Bertz CT molecular complexity index is 234. The molecule has 0 saturated carbocycles. The molecule has 25 heavy (non-hydrogen) atoms. The van der Waals surface area contributed by atoms with Gasteiger partial charge in [-0.25, -0.2) is 0 Å². The van der Waals surface area contributed by atoms with Gasteiger partial charge in [0.05, 0.1) is 0 Å². The average molecular weight is 407 g/mol. The summed E-state index contributed by atoms with van der Waals surface area (Å²) in [6.07, 6.45) is 20.8. The SMILES string of the molecule is CCCP(CCC)C(CCC)(P(CCC)CCC)P(CCC)CCC. The summed E-state index contributed by atoms with van der Waals surface area (Å²) >= 11 is 0. The zero-order valence-electron chi connectivity index (χ0n) is 18.7. The highest BCUT2D eigenvalue weighted by molar-refractivity contribution is 7.93. The monoisotopic (exact) mass is 406 g/mol. The molecule has 0 N–H and O–H groups in total. The summed E-state index contributed by atoms with van der Waals surface area (Å²) in [4.78, 5) is 0. The molecule has 0 aliphatic heterocycles. The maximum Gasteiger partial charge on any atom is 0.0301 e. The molecule has 152 valence electrons. The van der Waals surface area contributed by atoms with Gasteiger partial charge in [-0.3, -0.25) is 0 Å². The van der Waals surface area contributed by atoms with Crippen molar-refractivity contribution in [3.8, 4) is 0 Å². The second kappa shape index (κ2) is 16.3. The van der Waals surface area contributed by atoms with Crippen LogP contribution in [0.1, 0.15) is 99.8 Å². The van der Waals surface area contributed by atoms with Gasteiger partial charge < -0.3 is 0 Å². The van der Waals surface area contributed by atoms with Crippen LogP contribution >= 0.6 is 23.8 Å². The van der Waals surface area contributed by atoms with Crippen LogP contribution in [-0.2, 0) is 0 Å². The van der Waals surface area contributed by atoms with Gasteiger partial charge in [0, 0.05) is 4.64 Å². The van der Waals surface area contributed by atoms with Crippen molar-refractivity contribution in [1.29, 1.82) is 0 Å². The maximum atomic E-state index is 2.48. The summed E-state index contributed by atoms with van der Waals surface area (Å²) in [5.74, 6) is 0. The van der Waals surface area contributed by atoms with Gasteiger partial charge in [-0.2, -0.15) is 0 Å². The fourth-order valence-corrected chi connectivity index (χ4v) is 20.5. The smallest absolute Gasteiger partial charge is 0.0301 e. The molecule has 0 heterocycles. The lowest BCUT2D eigenvalue weighted by atomic mass is 10.4. The molecule has 0 aromatic carbocycles. The van der Waals surface area contributed by atoms with E-state index in [-0.39, 0.29) is 23.8 Å². The number of rotatable bonds is 17. The van der Waals surface area contributed by atoms with Gasteiger partial charge in [0.2, 0.25) is 0 Å².